The summed E-state index contributed by atoms with van der Waals surface area (Å²) in [5.41, 5.74) is 4.24. The van der Waals surface area contributed by atoms with Crippen LogP contribution in [0.5, 0.6) is 5.75 Å². The molecule has 0 fully saturated rings. The van der Waals surface area contributed by atoms with Crippen molar-refractivity contribution in [2.75, 3.05) is 7.11 Å². The lowest BCUT2D eigenvalue weighted by molar-refractivity contribution is -0.144. The first-order chi connectivity index (χ1) is 15.7. The van der Waals surface area contributed by atoms with E-state index in [2.05, 4.69) is 36.4 Å². The lowest BCUT2D eigenvalue weighted by Gasteiger charge is -2.10. The standard InChI is InChI=1S/C28H24O3S/c1-30-25-15-11-22(12-16-25)23-13-17-26(18-14-23)32-27-10-6-5-9-24(27)19-28(29)31-20-21-7-3-2-4-8-21/h2-18H,19-20H2,1H3. The molecular formula is C28H24O3S. The highest BCUT2D eigenvalue weighted by Gasteiger charge is 2.11. The van der Waals surface area contributed by atoms with E-state index in [1.54, 1.807) is 18.9 Å². The molecule has 160 valence electrons. The average molecular weight is 441 g/mol. The molecule has 0 spiro atoms. The zero-order valence-electron chi connectivity index (χ0n) is 17.9. The highest BCUT2D eigenvalue weighted by Crippen LogP contribution is 2.32. The topological polar surface area (TPSA) is 35.5 Å². The van der Waals surface area contributed by atoms with Gasteiger partial charge in [0.05, 0.1) is 13.5 Å². The number of ether oxygens (including phenoxy) is 2. The Morgan fingerprint density at radius 3 is 2.06 bits per heavy atom. The summed E-state index contributed by atoms with van der Waals surface area (Å²) in [5, 5.41) is 0. The Bertz CT molecular complexity index is 1150. The fourth-order valence-electron chi connectivity index (χ4n) is 3.32. The third kappa shape index (κ3) is 5.80. The van der Waals surface area contributed by atoms with Crippen molar-refractivity contribution >= 4 is 17.7 Å². The molecule has 0 atom stereocenters. The van der Waals surface area contributed by atoms with Crippen LogP contribution < -0.4 is 4.74 Å². The van der Waals surface area contributed by atoms with Crippen LogP contribution in [-0.2, 0) is 22.6 Å². The van der Waals surface area contributed by atoms with Crippen LogP contribution in [0.3, 0.4) is 0 Å². The lowest BCUT2D eigenvalue weighted by atomic mass is 10.1. The number of carbonyl (C=O) groups excluding carboxylic acids is 1. The van der Waals surface area contributed by atoms with E-state index >= 15 is 0 Å². The van der Waals surface area contributed by atoms with Gasteiger partial charge in [-0.3, -0.25) is 4.79 Å². The summed E-state index contributed by atoms with van der Waals surface area (Å²) in [6, 6.07) is 34.2. The Labute approximate surface area is 193 Å². The Kier molecular flexibility index (Phi) is 7.26. The van der Waals surface area contributed by atoms with Gasteiger partial charge in [-0.25, -0.2) is 0 Å². The van der Waals surface area contributed by atoms with Crippen molar-refractivity contribution in [2.24, 2.45) is 0 Å². The van der Waals surface area contributed by atoms with E-state index in [4.69, 9.17) is 9.47 Å². The Morgan fingerprint density at radius 1 is 0.750 bits per heavy atom. The first-order valence-corrected chi connectivity index (χ1v) is 11.2. The predicted octanol–water partition coefficient (Wildman–Crippen LogP) is 6.80. The van der Waals surface area contributed by atoms with E-state index in [9.17, 15) is 4.79 Å². The van der Waals surface area contributed by atoms with Crippen LogP contribution in [0, 0.1) is 0 Å². The molecule has 0 N–H and O–H groups in total. The molecule has 4 rings (SSSR count). The number of hydrogen-bond acceptors (Lipinski definition) is 4. The summed E-state index contributed by atoms with van der Waals surface area (Å²) >= 11 is 1.65. The summed E-state index contributed by atoms with van der Waals surface area (Å²) in [7, 11) is 1.67. The van der Waals surface area contributed by atoms with Gasteiger partial charge >= 0.3 is 5.97 Å². The maximum Gasteiger partial charge on any atom is 0.310 e. The second kappa shape index (κ2) is 10.7. The van der Waals surface area contributed by atoms with Crippen molar-refractivity contribution < 1.29 is 14.3 Å². The maximum absolute atomic E-state index is 12.4. The molecule has 0 saturated carbocycles. The van der Waals surface area contributed by atoms with Gasteiger partial charge in [-0.05, 0) is 52.6 Å². The fraction of sp³-hybridized carbons (Fsp3) is 0.107. The molecule has 0 bridgehead atoms. The molecule has 0 radical (unpaired) electrons. The number of methoxy groups -OCH3 is 1. The summed E-state index contributed by atoms with van der Waals surface area (Å²) in [6.45, 7) is 0.293. The molecular weight excluding hydrogens is 416 g/mol. The van der Waals surface area contributed by atoms with Gasteiger partial charge in [0.2, 0.25) is 0 Å². The molecule has 32 heavy (non-hydrogen) atoms. The number of esters is 1. The largest absolute Gasteiger partial charge is 0.497 e. The molecule has 0 unspecified atom stereocenters. The molecule has 0 saturated heterocycles. The smallest absolute Gasteiger partial charge is 0.310 e. The summed E-state index contributed by atoms with van der Waals surface area (Å²) in [6.07, 6.45) is 0.250. The second-order valence-corrected chi connectivity index (χ2v) is 8.40. The summed E-state index contributed by atoms with van der Waals surface area (Å²) in [4.78, 5) is 14.6. The zero-order valence-corrected chi connectivity index (χ0v) is 18.7. The van der Waals surface area contributed by atoms with Gasteiger partial charge in [0.25, 0.3) is 0 Å². The fourth-order valence-corrected chi connectivity index (χ4v) is 4.26. The first kappa shape index (κ1) is 21.7. The van der Waals surface area contributed by atoms with Crippen LogP contribution in [0.4, 0.5) is 0 Å². The Hall–Kier alpha value is -3.50. The Morgan fingerprint density at radius 2 is 1.38 bits per heavy atom. The highest BCUT2D eigenvalue weighted by atomic mass is 32.2. The predicted molar refractivity (Wildman–Crippen MR) is 129 cm³/mol. The summed E-state index contributed by atoms with van der Waals surface area (Å²) in [5.74, 6) is 0.622. The lowest BCUT2D eigenvalue weighted by Crippen LogP contribution is -2.08. The van der Waals surface area contributed by atoms with Crippen molar-refractivity contribution in [3.8, 4) is 16.9 Å². The van der Waals surface area contributed by atoms with Gasteiger partial charge in [0.15, 0.2) is 0 Å². The molecule has 0 aliphatic heterocycles. The molecule has 4 aromatic carbocycles. The second-order valence-electron chi connectivity index (χ2n) is 7.29. The van der Waals surface area contributed by atoms with E-state index in [-0.39, 0.29) is 12.4 Å². The number of hydrogen-bond donors (Lipinski definition) is 0. The molecule has 0 aliphatic carbocycles. The minimum absolute atomic E-state index is 0.225. The monoisotopic (exact) mass is 440 g/mol. The Balaban J connectivity index is 1.40. The number of carbonyl (C=O) groups is 1. The van der Waals surface area contributed by atoms with Crippen molar-refractivity contribution in [3.05, 3.63) is 114 Å². The maximum atomic E-state index is 12.4. The number of rotatable bonds is 8. The van der Waals surface area contributed by atoms with Gasteiger partial charge in [-0.1, -0.05) is 84.6 Å². The third-order valence-corrected chi connectivity index (χ3v) is 6.18. The SMILES string of the molecule is COc1ccc(-c2ccc(Sc3ccccc3CC(=O)OCc3ccccc3)cc2)cc1. The molecule has 4 heteroatoms. The van der Waals surface area contributed by atoms with Crippen LogP contribution in [0.15, 0.2) is 113 Å². The van der Waals surface area contributed by atoms with E-state index < -0.39 is 0 Å². The molecule has 0 heterocycles. The number of benzene rings is 4. The van der Waals surface area contributed by atoms with Gasteiger partial charge in [0, 0.05) is 9.79 Å². The minimum Gasteiger partial charge on any atom is -0.497 e. The molecule has 4 aromatic rings. The van der Waals surface area contributed by atoms with Crippen molar-refractivity contribution in [1.82, 2.24) is 0 Å². The van der Waals surface area contributed by atoms with E-state index in [1.165, 1.54) is 0 Å². The third-order valence-electron chi connectivity index (χ3n) is 5.06. The van der Waals surface area contributed by atoms with Gasteiger partial charge in [0.1, 0.15) is 12.4 Å². The molecule has 0 amide bonds. The van der Waals surface area contributed by atoms with Gasteiger partial charge in [-0.2, -0.15) is 0 Å². The molecule has 0 aliphatic rings. The highest BCUT2D eigenvalue weighted by molar-refractivity contribution is 7.99. The minimum atomic E-state index is -0.225. The van der Waals surface area contributed by atoms with Crippen LogP contribution in [-0.4, -0.2) is 13.1 Å². The van der Waals surface area contributed by atoms with Crippen LogP contribution >= 0.6 is 11.8 Å². The first-order valence-electron chi connectivity index (χ1n) is 10.4. The zero-order chi connectivity index (χ0) is 22.2. The summed E-state index contributed by atoms with van der Waals surface area (Å²) < 4.78 is 10.7. The van der Waals surface area contributed by atoms with E-state index in [0.717, 1.165) is 37.8 Å². The van der Waals surface area contributed by atoms with Gasteiger partial charge < -0.3 is 9.47 Å². The van der Waals surface area contributed by atoms with Crippen molar-refractivity contribution in [2.45, 2.75) is 22.8 Å². The van der Waals surface area contributed by atoms with Crippen LogP contribution in [0.2, 0.25) is 0 Å². The average Bonchev–Trinajstić information content (AvgIpc) is 2.85. The van der Waals surface area contributed by atoms with Crippen LogP contribution in [0.25, 0.3) is 11.1 Å². The molecule has 0 aromatic heterocycles. The van der Waals surface area contributed by atoms with Crippen LogP contribution in [0.1, 0.15) is 11.1 Å². The normalized spacial score (nSPS) is 10.5. The van der Waals surface area contributed by atoms with E-state index in [1.807, 2.05) is 66.7 Å². The van der Waals surface area contributed by atoms with Crippen molar-refractivity contribution in [3.63, 3.8) is 0 Å². The van der Waals surface area contributed by atoms with Crippen molar-refractivity contribution in [1.29, 1.82) is 0 Å². The van der Waals surface area contributed by atoms with E-state index in [0.29, 0.717) is 6.61 Å². The molecule has 3 nitrogen and oxygen atoms in total. The van der Waals surface area contributed by atoms with Gasteiger partial charge in [-0.15, -0.1) is 0 Å². The quantitative estimate of drug-likeness (QED) is 0.282.